The highest BCUT2D eigenvalue weighted by Crippen LogP contribution is 2.24. The van der Waals surface area contributed by atoms with Gasteiger partial charge in [0.15, 0.2) is 0 Å². The molecule has 0 spiro atoms. The van der Waals surface area contributed by atoms with Gasteiger partial charge in [-0.2, -0.15) is 9.97 Å². The van der Waals surface area contributed by atoms with Gasteiger partial charge in [0.2, 0.25) is 11.7 Å². The minimum absolute atomic E-state index is 0.0999. The quantitative estimate of drug-likeness (QED) is 0.560. The van der Waals surface area contributed by atoms with Crippen LogP contribution in [0.3, 0.4) is 0 Å². The topological polar surface area (TPSA) is 117 Å². The summed E-state index contributed by atoms with van der Waals surface area (Å²) in [6.07, 6.45) is 1.51. The van der Waals surface area contributed by atoms with Gasteiger partial charge in [0.1, 0.15) is 5.82 Å². The van der Waals surface area contributed by atoms with E-state index in [4.69, 9.17) is 21.6 Å². The minimum Gasteiger partial charge on any atom is -0.446 e. The van der Waals surface area contributed by atoms with E-state index in [1.54, 1.807) is 0 Å². The molecule has 0 aliphatic heterocycles. The van der Waals surface area contributed by atoms with Crippen LogP contribution in [-0.4, -0.2) is 9.97 Å². The van der Waals surface area contributed by atoms with Crippen molar-refractivity contribution in [2.24, 2.45) is 5.73 Å². The highest BCUT2D eigenvalue weighted by atomic mass is 16.3. The molecular weight excluding hydrogens is 170 g/mol. The lowest BCUT2D eigenvalue weighted by Gasteiger charge is -1.97. The fraction of sp³-hybridized carbons (Fsp3) is 0.143. The number of aromatic nitrogens is 2. The van der Waals surface area contributed by atoms with Crippen LogP contribution in [0.2, 0.25) is 0 Å². The number of nitrogens with two attached hydrogens (primary N) is 3. The molecule has 6 nitrogen and oxygen atoms in total. The molecule has 0 amide bonds. The molecule has 6 N–H and O–H groups in total. The van der Waals surface area contributed by atoms with Crippen molar-refractivity contribution in [1.29, 1.82) is 0 Å². The van der Waals surface area contributed by atoms with Crippen LogP contribution >= 0.6 is 0 Å². The normalized spacial score (nSPS) is 10.8. The number of nitrogens with zero attached hydrogens (tertiary/aromatic N) is 2. The molecule has 0 aliphatic carbocycles. The van der Waals surface area contributed by atoms with E-state index in [9.17, 15) is 0 Å². The fourth-order valence-corrected chi connectivity index (χ4v) is 1.20. The summed E-state index contributed by atoms with van der Waals surface area (Å²) in [4.78, 5) is 7.68. The van der Waals surface area contributed by atoms with Crippen LogP contribution in [0.4, 0.5) is 11.8 Å². The molecule has 0 aromatic carbocycles. The van der Waals surface area contributed by atoms with Gasteiger partial charge in [0.05, 0.1) is 11.6 Å². The highest BCUT2D eigenvalue weighted by Gasteiger charge is 2.10. The van der Waals surface area contributed by atoms with Gasteiger partial charge in [-0.15, -0.1) is 0 Å². The molecular formula is C7H9N5O. The van der Waals surface area contributed by atoms with Gasteiger partial charge in [-0.25, -0.2) is 0 Å². The van der Waals surface area contributed by atoms with Crippen molar-refractivity contribution in [2.75, 3.05) is 11.5 Å². The number of hydrogen-bond donors (Lipinski definition) is 3. The molecule has 2 aromatic heterocycles. The summed E-state index contributed by atoms with van der Waals surface area (Å²) >= 11 is 0. The number of fused-ring (bicyclic) bond motifs is 1. The maximum absolute atomic E-state index is 5.63. The van der Waals surface area contributed by atoms with Gasteiger partial charge in [0, 0.05) is 12.1 Å². The zero-order valence-electron chi connectivity index (χ0n) is 6.82. The van der Waals surface area contributed by atoms with Gasteiger partial charge in [-0.05, 0) is 0 Å². The summed E-state index contributed by atoms with van der Waals surface area (Å²) in [5, 5.41) is 0.650. The van der Waals surface area contributed by atoms with E-state index in [1.807, 2.05) is 0 Å². The largest absolute Gasteiger partial charge is 0.446 e. The predicted octanol–water partition coefficient (Wildman–Crippen LogP) is -0.154. The average Bonchev–Trinajstić information content (AvgIpc) is 2.47. The van der Waals surface area contributed by atoms with E-state index >= 15 is 0 Å². The van der Waals surface area contributed by atoms with Crippen LogP contribution in [0.1, 0.15) is 5.56 Å². The first-order valence-electron chi connectivity index (χ1n) is 3.71. The molecule has 0 unspecified atom stereocenters. The van der Waals surface area contributed by atoms with Crippen LogP contribution in [0.5, 0.6) is 0 Å². The first-order chi connectivity index (χ1) is 6.22. The average molecular weight is 179 g/mol. The number of nitrogen functional groups attached to an aromatic ring is 2. The third-order valence-electron chi connectivity index (χ3n) is 1.77. The van der Waals surface area contributed by atoms with Crippen molar-refractivity contribution in [1.82, 2.24) is 9.97 Å². The van der Waals surface area contributed by atoms with Gasteiger partial charge in [-0.1, -0.05) is 0 Å². The summed E-state index contributed by atoms with van der Waals surface area (Å²) in [5.74, 6) is 0.402. The molecule has 2 rings (SSSR count). The maximum atomic E-state index is 5.63. The van der Waals surface area contributed by atoms with Crippen molar-refractivity contribution in [3.63, 3.8) is 0 Å². The standard InChI is InChI=1S/C7H9N5O/c8-1-3-2-13-6-4(3)5(9)11-7(10)12-6/h2H,1,8H2,(H4,9,10,11,12). The van der Waals surface area contributed by atoms with Crippen molar-refractivity contribution in [3.8, 4) is 0 Å². The molecule has 0 fully saturated rings. The molecule has 0 saturated carbocycles. The second kappa shape index (κ2) is 2.60. The minimum atomic E-state index is 0.0999. The Hall–Kier alpha value is -1.82. The second-order valence-electron chi connectivity index (χ2n) is 2.61. The predicted molar refractivity (Wildman–Crippen MR) is 48.5 cm³/mol. The molecule has 2 heterocycles. The molecule has 2 aromatic rings. The molecule has 0 saturated heterocycles. The Bertz CT molecular complexity index is 449. The number of anilines is 2. The van der Waals surface area contributed by atoms with E-state index in [0.717, 1.165) is 5.56 Å². The van der Waals surface area contributed by atoms with Crippen molar-refractivity contribution < 1.29 is 4.42 Å². The van der Waals surface area contributed by atoms with E-state index < -0.39 is 0 Å². The Labute approximate surface area is 73.7 Å². The molecule has 0 atom stereocenters. The fourth-order valence-electron chi connectivity index (χ4n) is 1.20. The molecule has 68 valence electrons. The van der Waals surface area contributed by atoms with E-state index in [0.29, 0.717) is 23.5 Å². The summed E-state index contributed by atoms with van der Waals surface area (Å²) in [7, 11) is 0. The van der Waals surface area contributed by atoms with Crippen LogP contribution in [0.15, 0.2) is 10.7 Å². The zero-order chi connectivity index (χ0) is 9.42. The lowest BCUT2D eigenvalue weighted by atomic mass is 10.2. The Morgan fingerprint density at radius 3 is 2.77 bits per heavy atom. The van der Waals surface area contributed by atoms with Gasteiger partial charge in [0.25, 0.3) is 0 Å². The SMILES string of the molecule is NCc1coc2nc(N)nc(N)c12. The maximum Gasteiger partial charge on any atom is 0.233 e. The molecule has 0 bridgehead atoms. The lowest BCUT2D eigenvalue weighted by Crippen LogP contribution is -2.01. The molecule has 0 radical (unpaired) electrons. The van der Waals surface area contributed by atoms with Crippen LogP contribution in [0.25, 0.3) is 11.1 Å². The van der Waals surface area contributed by atoms with Crippen LogP contribution < -0.4 is 17.2 Å². The van der Waals surface area contributed by atoms with Crippen molar-refractivity contribution in [3.05, 3.63) is 11.8 Å². The van der Waals surface area contributed by atoms with Crippen molar-refractivity contribution in [2.45, 2.75) is 6.54 Å². The first kappa shape index (κ1) is 7.81. The Balaban J connectivity index is 2.82. The summed E-state index contributed by atoms with van der Waals surface area (Å²) in [6, 6.07) is 0. The van der Waals surface area contributed by atoms with E-state index in [2.05, 4.69) is 9.97 Å². The van der Waals surface area contributed by atoms with Crippen molar-refractivity contribution >= 4 is 22.9 Å². The van der Waals surface area contributed by atoms with Crippen LogP contribution in [-0.2, 0) is 6.54 Å². The van der Waals surface area contributed by atoms with Gasteiger partial charge in [-0.3, -0.25) is 0 Å². The highest BCUT2D eigenvalue weighted by molar-refractivity contribution is 5.88. The van der Waals surface area contributed by atoms with E-state index in [-0.39, 0.29) is 5.95 Å². The monoisotopic (exact) mass is 179 g/mol. The lowest BCUT2D eigenvalue weighted by molar-refractivity contribution is 0.598. The molecule has 6 heteroatoms. The third kappa shape index (κ3) is 1.07. The molecule has 13 heavy (non-hydrogen) atoms. The Morgan fingerprint density at radius 1 is 1.31 bits per heavy atom. The smallest absolute Gasteiger partial charge is 0.233 e. The van der Waals surface area contributed by atoms with Crippen LogP contribution in [0, 0.1) is 0 Å². The second-order valence-corrected chi connectivity index (χ2v) is 2.61. The summed E-state index contributed by atoms with van der Waals surface area (Å²) in [6.45, 7) is 0.338. The third-order valence-corrected chi connectivity index (χ3v) is 1.77. The molecule has 0 aliphatic rings. The number of rotatable bonds is 1. The zero-order valence-corrected chi connectivity index (χ0v) is 6.82. The van der Waals surface area contributed by atoms with Gasteiger partial charge >= 0.3 is 0 Å². The number of hydrogen-bond acceptors (Lipinski definition) is 6. The Morgan fingerprint density at radius 2 is 2.08 bits per heavy atom. The van der Waals surface area contributed by atoms with E-state index in [1.165, 1.54) is 6.26 Å². The summed E-state index contributed by atoms with van der Waals surface area (Å²) < 4.78 is 5.11. The van der Waals surface area contributed by atoms with Gasteiger partial charge < -0.3 is 21.6 Å². The Kier molecular flexibility index (Phi) is 1.56. The summed E-state index contributed by atoms with van der Waals surface area (Å²) in [5.41, 5.74) is 17.6. The number of furan rings is 1. The first-order valence-corrected chi connectivity index (χ1v) is 3.71.